The maximum atomic E-state index is 13.4. The van der Waals surface area contributed by atoms with E-state index in [2.05, 4.69) is 39.4 Å². The summed E-state index contributed by atoms with van der Waals surface area (Å²) in [6, 6.07) is 17.6. The molecule has 1 aliphatic rings. The van der Waals surface area contributed by atoms with Crippen molar-refractivity contribution in [1.29, 1.82) is 0 Å². The van der Waals surface area contributed by atoms with E-state index in [0.29, 0.717) is 33.6 Å². The first-order valence-corrected chi connectivity index (χ1v) is 13.7. The molecule has 1 saturated heterocycles. The fourth-order valence-electron chi connectivity index (χ4n) is 4.14. The van der Waals surface area contributed by atoms with Crippen LogP contribution in [0, 0.1) is 6.92 Å². The molecule has 2 aromatic heterocycles. The first kappa shape index (κ1) is 25.6. The van der Waals surface area contributed by atoms with Crippen molar-refractivity contribution in [3.63, 3.8) is 0 Å². The molecule has 1 fully saturated rings. The van der Waals surface area contributed by atoms with E-state index in [0.717, 1.165) is 5.56 Å². The molecule has 0 bridgehead atoms. The van der Waals surface area contributed by atoms with E-state index >= 15 is 0 Å². The lowest BCUT2D eigenvalue weighted by Gasteiger charge is -2.23. The molecule has 1 aliphatic heterocycles. The molecule has 1 amide bonds. The number of pyridine rings is 1. The number of rotatable bonds is 8. The predicted octanol–water partition coefficient (Wildman–Crippen LogP) is 5.56. The number of anilines is 1. The number of carbonyl (C=O) groups is 2. The number of thioether (sulfide) groups is 1. The molecule has 0 aliphatic carbocycles. The number of aryl methyl sites for hydroxylation is 1. The van der Waals surface area contributed by atoms with Crippen molar-refractivity contribution >= 4 is 45.7 Å². The number of aliphatic hydroxyl groups is 1. The second-order valence-electron chi connectivity index (χ2n) is 8.54. The van der Waals surface area contributed by atoms with Gasteiger partial charge in [0.1, 0.15) is 11.5 Å². The Balaban J connectivity index is 1.54. The molecular weight excluding hydrogens is 520 g/mol. The highest BCUT2D eigenvalue weighted by atomic mass is 32.2. The zero-order valence-electron chi connectivity index (χ0n) is 20.7. The monoisotopic (exact) mass is 544 g/mol. The third kappa shape index (κ3) is 5.18. The third-order valence-corrected chi connectivity index (χ3v) is 8.09. The van der Waals surface area contributed by atoms with Crippen LogP contribution in [0.1, 0.15) is 35.2 Å². The van der Waals surface area contributed by atoms with Crippen LogP contribution in [0.4, 0.5) is 5.13 Å². The van der Waals surface area contributed by atoms with Crippen LogP contribution < -0.4 is 9.64 Å². The number of amides is 1. The van der Waals surface area contributed by atoms with Crippen molar-refractivity contribution in [2.24, 2.45) is 0 Å². The minimum atomic E-state index is -0.911. The summed E-state index contributed by atoms with van der Waals surface area (Å²) < 4.78 is 6.33. The van der Waals surface area contributed by atoms with Crippen molar-refractivity contribution < 1.29 is 19.4 Å². The molecule has 3 heterocycles. The summed E-state index contributed by atoms with van der Waals surface area (Å²) in [5.74, 6) is -0.575. The highest BCUT2D eigenvalue weighted by molar-refractivity contribution is 8.00. The minimum Gasteiger partial charge on any atom is -0.507 e. The smallest absolute Gasteiger partial charge is 0.301 e. The standard InChI is InChI=1S/C28H24N4O4S2/c1-3-36-21-6-4-5-20(15-21)23-22(24(33)19-11-13-29-14-12-19)25(34)26(35)32(23)27-30-31-28(38-27)37-16-18-9-7-17(2)8-10-18/h4-15,23,33H,3,16H2,1-2H3/b24-22+. The van der Waals surface area contributed by atoms with Crippen LogP contribution in [-0.4, -0.2) is 38.6 Å². The van der Waals surface area contributed by atoms with Gasteiger partial charge in [0.2, 0.25) is 5.13 Å². The van der Waals surface area contributed by atoms with Crippen LogP contribution in [0.2, 0.25) is 0 Å². The lowest BCUT2D eigenvalue weighted by atomic mass is 9.95. The van der Waals surface area contributed by atoms with Gasteiger partial charge in [0.25, 0.3) is 5.78 Å². The summed E-state index contributed by atoms with van der Waals surface area (Å²) in [5.41, 5.74) is 3.29. The van der Waals surface area contributed by atoms with E-state index in [9.17, 15) is 14.7 Å². The Morgan fingerprint density at radius 3 is 2.58 bits per heavy atom. The van der Waals surface area contributed by atoms with Crippen LogP contribution in [0.3, 0.4) is 0 Å². The van der Waals surface area contributed by atoms with E-state index in [-0.39, 0.29) is 16.5 Å². The van der Waals surface area contributed by atoms with Gasteiger partial charge in [-0.1, -0.05) is 65.1 Å². The number of aromatic nitrogens is 3. The first-order valence-electron chi connectivity index (χ1n) is 11.9. The van der Waals surface area contributed by atoms with Gasteiger partial charge in [0.05, 0.1) is 18.2 Å². The van der Waals surface area contributed by atoms with Crippen LogP contribution >= 0.6 is 23.1 Å². The molecule has 5 rings (SSSR count). The van der Waals surface area contributed by atoms with Gasteiger partial charge < -0.3 is 9.84 Å². The average molecular weight is 545 g/mol. The Labute approximate surface area is 228 Å². The Hall–Kier alpha value is -4.02. The number of aliphatic hydroxyl groups excluding tert-OH is 1. The van der Waals surface area contributed by atoms with Gasteiger partial charge in [-0.3, -0.25) is 19.5 Å². The number of carbonyl (C=O) groups excluding carboxylic acids is 2. The highest BCUT2D eigenvalue weighted by Crippen LogP contribution is 2.44. The second-order valence-corrected chi connectivity index (χ2v) is 10.7. The number of hydrogen-bond acceptors (Lipinski definition) is 9. The molecule has 4 aromatic rings. The Morgan fingerprint density at radius 1 is 1.08 bits per heavy atom. The maximum Gasteiger partial charge on any atom is 0.301 e. The topological polar surface area (TPSA) is 106 Å². The molecule has 8 nitrogen and oxygen atoms in total. The number of Topliss-reactive ketones (excluding diaryl/α,β-unsaturated/α-hetero) is 1. The lowest BCUT2D eigenvalue weighted by molar-refractivity contribution is -0.132. The van der Waals surface area contributed by atoms with Gasteiger partial charge in [-0.15, -0.1) is 10.2 Å². The zero-order valence-corrected chi connectivity index (χ0v) is 22.3. The van der Waals surface area contributed by atoms with E-state index in [1.54, 1.807) is 36.4 Å². The summed E-state index contributed by atoms with van der Waals surface area (Å²) in [5, 5.41) is 20.0. The second kappa shape index (κ2) is 11.2. The minimum absolute atomic E-state index is 0.0288. The van der Waals surface area contributed by atoms with Crippen molar-refractivity contribution in [1.82, 2.24) is 15.2 Å². The fourth-order valence-corrected chi connectivity index (χ4v) is 5.96. The molecular formula is C28H24N4O4S2. The molecule has 2 aromatic carbocycles. The third-order valence-electron chi connectivity index (χ3n) is 5.97. The Morgan fingerprint density at radius 2 is 1.84 bits per heavy atom. The van der Waals surface area contributed by atoms with Crippen LogP contribution in [0.25, 0.3) is 5.76 Å². The SMILES string of the molecule is CCOc1cccc(C2/C(=C(\O)c3ccncc3)C(=O)C(=O)N2c2nnc(SCc3ccc(C)cc3)s2)c1. The van der Waals surface area contributed by atoms with Crippen LogP contribution in [-0.2, 0) is 15.3 Å². The first-order chi connectivity index (χ1) is 18.5. The van der Waals surface area contributed by atoms with Crippen molar-refractivity contribution in [2.45, 2.75) is 30.0 Å². The lowest BCUT2D eigenvalue weighted by Crippen LogP contribution is -2.29. The summed E-state index contributed by atoms with van der Waals surface area (Å²) in [7, 11) is 0. The van der Waals surface area contributed by atoms with Crippen molar-refractivity contribution in [2.75, 3.05) is 11.5 Å². The summed E-state index contributed by atoms with van der Waals surface area (Å²) >= 11 is 2.73. The zero-order chi connectivity index (χ0) is 26.6. The van der Waals surface area contributed by atoms with Gasteiger partial charge in [0.15, 0.2) is 4.34 Å². The predicted molar refractivity (Wildman–Crippen MR) is 147 cm³/mol. The quantitative estimate of drug-likeness (QED) is 0.101. The van der Waals surface area contributed by atoms with Crippen molar-refractivity contribution in [3.05, 3.63) is 101 Å². The van der Waals surface area contributed by atoms with Gasteiger partial charge in [-0.2, -0.15) is 0 Å². The highest BCUT2D eigenvalue weighted by Gasteiger charge is 2.48. The van der Waals surface area contributed by atoms with E-state index in [1.807, 2.05) is 13.8 Å². The van der Waals surface area contributed by atoms with Gasteiger partial charge >= 0.3 is 5.91 Å². The molecule has 1 N–H and O–H groups in total. The fraction of sp³-hybridized carbons (Fsp3) is 0.179. The van der Waals surface area contributed by atoms with Gasteiger partial charge in [-0.25, -0.2) is 0 Å². The Kier molecular flexibility index (Phi) is 7.52. The number of ether oxygens (including phenoxy) is 1. The summed E-state index contributed by atoms with van der Waals surface area (Å²) in [4.78, 5) is 32.0. The Bertz CT molecular complexity index is 1500. The van der Waals surface area contributed by atoms with Crippen LogP contribution in [0.5, 0.6) is 5.75 Å². The molecule has 10 heteroatoms. The largest absolute Gasteiger partial charge is 0.507 e. The van der Waals surface area contributed by atoms with E-state index < -0.39 is 17.7 Å². The average Bonchev–Trinajstić information content (AvgIpc) is 3.51. The van der Waals surface area contributed by atoms with Gasteiger partial charge in [-0.05, 0) is 49.2 Å². The number of nitrogens with zero attached hydrogens (tertiary/aromatic N) is 4. The molecule has 192 valence electrons. The molecule has 1 unspecified atom stereocenters. The van der Waals surface area contributed by atoms with Crippen LogP contribution in [0.15, 0.2) is 83.0 Å². The molecule has 38 heavy (non-hydrogen) atoms. The van der Waals surface area contributed by atoms with Crippen molar-refractivity contribution in [3.8, 4) is 5.75 Å². The maximum absolute atomic E-state index is 13.4. The molecule has 0 spiro atoms. The molecule has 0 radical (unpaired) electrons. The summed E-state index contributed by atoms with van der Waals surface area (Å²) in [6.07, 6.45) is 3.02. The molecule has 0 saturated carbocycles. The summed E-state index contributed by atoms with van der Waals surface area (Å²) in [6.45, 7) is 4.37. The number of ketones is 1. The van der Waals surface area contributed by atoms with E-state index in [4.69, 9.17) is 4.74 Å². The molecule has 1 atom stereocenters. The van der Waals surface area contributed by atoms with Gasteiger partial charge in [0, 0.05) is 23.7 Å². The number of hydrogen-bond donors (Lipinski definition) is 1. The van der Waals surface area contributed by atoms with E-state index in [1.165, 1.54) is 46.0 Å². The normalized spacial score (nSPS) is 16.7. The number of benzene rings is 2.